The molecule has 0 N–H and O–H groups in total. The third-order valence-electron chi connectivity index (χ3n) is 6.10. The molecular formula is C23H29N3O5S. The number of hydrogen-bond acceptors (Lipinski definition) is 6. The first-order valence-corrected chi connectivity index (χ1v) is 12.2. The van der Waals surface area contributed by atoms with Crippen LogP contribution in [0.2, 0.25) is 0 Å². The van der Waals surface area contributed by atoms with Gasteiger partial charge >= 0.3 is 0 Å². The molecule has 0 aliphatic carbocycles. The van der Waals surface area contributed by atoms with Gasteiger partial charge in [0.2, 0.25) is 10.0 Å². The lowest BCUT2D eigenvalue weighted by molar-refractivity contribution is 0.0746. The van der Waals surface area contributed by atoms with Crippen LogP contribution in [0.1, 0.15) is 23.2 Å². The van der Waals surface area contributed by atoms with Crippen LogP contribution in [0.4, 0.5) is 5.69 Å². The van der Waals surface area contributed by atoms with E-state index in [1.165, 1.54) is 17.5 Å². The summed E-state index contributed by atoms with van der Waals surface area (Å²) in [5.74, 6) is 0.902. The summed E-state index contributed by atoms with van der Waals surface area (Å²) in [5, 5.41) is 0. The van der Waals surface area contributed by atoms with Crippen LogP contribution >= 0.6 is 0 Å². The van der Waals surface area contributed by atoms with Crippen LogP contribution in [-0.4, -0.2) is 77.0 Å². The molecule has 2 saturated heterocycles. The van der Waals surface area contributed by atoms with E-state index in [2.05, 4.69) is 4.90 Å². The van der Waals surface area contributed by atoms with Gasteiger partial charge in [-0.05, 0) is 55.3 Å². The van der Waals surface area contributed by atoms with E-state index >= 15 is 0 Å². The molecular weight excluding hydrogens is 430 g/mol. The van der Waals surface area contributed by atoms with Crippen LogP contribution in [0.15, 0.2) is 47.4 Å². The van der Waals surface area contributed by atoms with Gasteiger partial charge in [0.25, 0.3) is 5.91 Å². The van der Waals surface area contributed by atoms with Gasteiger partial charge in [0.05, 0.1) is 14.2 Å². The second-order valence-electron chi connectivity index (χ2n) is 7.95. The second kappa shape index (κ2) is 9.38. The van der Waals surface area contributed by atoms with Gasteiger partial charge in [-0.1, -0.05) is 0 Å². The maximum atomic E-state index is 13.2. The molecule has 32 heavy (non-hydrogen) atoms. The Morgan fingerprint density at radius 1 is 0.844 bits per heavy atom. The van der Waals surface area contributed by atoms with Gasteiger partial charge in [0, 0.05) is 50.5 Å². The van der Waals surface area contributed by atoms with Gasteiger partial charge in [-0.25, -0.2) is 8.42 Å². The largest absolute Gasteiger partial charge is 0.497 e. The van der Waals surface area contributed by atoms with E-state index in [-0.39, 0.29) is 16.6 Å². The monoisotopic (exact) mass is 459 g/mol. The number of piperazine rings is 1. The quantitative estimate of drug-likeness (QED) is 0.660. The highest BCUT2D eigenvalue weighted by molar-refractivity contribution is 7.89. The molecule has 2 aliphatic heterocycles. The summed E-state index contributed by atoms with van der Waals surface area (Å²) in [6.45, 7) is 3.52. The van der Waals surface area contributed by atoms with Crippen molar-refractivity contribution in [1.29, 1.82) is 0 Å². The van der Waals surface area contributed by atoms with Crippen LogP contribution in [0.5, 0.6) is 11.5 Å². The number of carbonyl (C=O) groups is 1. The Morgan fingerprint density at radius 2 is 1.50 bits per heavy atom. The van der Waals surface area contributed by atoms with Crippen molar-refractivity contribution in [3.8, 4) is 11.5 Å². The highest BCUT2D eigenvalue weighted by Crippen LogP contribution is 2.30. The van der Waals surface area contributed by atoms with Crippen LogP contribution in [0.3, 0.4) is 0 Å². The maximum absolute atomic E-state index is 13.2. The molecule has 0 aromatic heterocycles. The fourth-order valence-corrected chi connectivity index (χ4v) is 5.92. The standard InChI is InChI=1S/C23H29N3O5S/c1-30-20-8-6-19(7-9-20)24-13-15-25(16-14-24)23(27)18-5-10-21(31-2)22(17-18)32(28,29)26-11-3-4-12-26/h5-10,17H,3-4,11-16H2,1-2H3. The molecule has 0 atom stereocenters. The van der Waals surface area contributed by atoms with E-state index < -0.39 is 10.0 Å². The molecule has 2 aliphatic rings. The number of carbonyl (C=O) groups excluding carboxylic acids is 1. The molecule has 8 nitrogen and oxygen atoms in total. The Kier molecular flexibility index (Phi) is 6.57. The molecule has 9 heteroatoms. The summed E-state index contributed by atoms with van der Waals surface area (Å²) < 4.78 is 38.2. The fourth-order valence-electron chi connectivity index (χ4n) is 4.22. The van der Waals surface area contributed by atoms with Crippen LogP contribution < -0.4 is 14.4 Å². The first-order valence-electron chi connectivity index (χ1n) is 10.8. The number of methoxy groups -OCH3 is 2. The molecule has 2 heterocycles. The predicted molar refractivity (Wildman–Crippen MR) is 122 cm³/mol. The van der Waals surface area contributed by atoms with Crippen molar-refractivity contribution >= 4 is 21.6 Å². The van der Waals surface area contributed by atoms with Crippen molar-refractivity contribution in [1.82, 2.24) is 9.21 Å². The summed E-state index contributed by atoms with van der Waals surface area (Å²) in [4.78, 5) is 17.2. The van der Waals surface area contributed by atoms with E-state index in [1.807, 2.05) is 24.3 Å². The Bertz CT molecular complexity index is 1060. The third-order valence-corrected chi connectivity index (χ3v) is 8.02. The molecule has 2 fully saturated rings. The minimum absolute atomic E-state index is 0.0598. The molecule has 0 unspecified atom stereocenters. The zero-order valence-electron chi connectivity index (χ0n) is 18.5. The average Bonchev–Trinajstić information content (AvgIpc) is 3.39. The van der Waals surface area contributed by atoms with Crippen molar-refractivity contribution in [2.75, 3.05) is 58.4 Å². The maximum Gasteiger partial charge on any atom is 0.254 e. The molecule has 4 rings (SSSR count). The molecule has 0 saturated carbocycles. The summed E-state index contributed by atoms with van der Waals surface area (Å²) in [7, 11) is -0.618. The molecule has 1 amide bonds. The Hall–Kier alpha value is -2.78. The van der Waals surface area contributed by atoms with Gasteiger partial charge in [0.15, 0.2) is 0 Å². The number of amides is 1. The van der Waals surface area contributed by atoms with Gasteiger partial charge in [-0.2, -0.15) is 4.31 Å². The van der Waals surface area contributed by atoms with E-state index in [4.69, 9.17) is 9.47 Å². The van der Waals surface area contributed by atoms with E-state index in [9.17, 15) is 13.2 Å². The van der Waals surface area contributed by atoms with E-state index in [0.717, 1.165) is 24.3 Å². The lowest BCUT2D eigenvalue weighted by atomic mass is 10.1. The fraction of sp³-hybridized carbons (Fsp3) is 0.435. The summed E-state index contributed by atoms with van der Waals surface area (Å²) in [6.07, 6.45) is 1.69. The molecule has 0 radical (unpaired) electrons. The number of sulfonamides is 1. The summed E-state index contributed by atoms with van der Waals surface area (Å²) >= 11 is 0. The summed E-state index contributed by atoms with van der Waals surface area (Å²) in [5.41, 5.74) is 1.45. The zero-order chi connectivity index (χ0) is 22.7. The van der Waals surface area contributed by atoms with Crippen LogP contribution in [0.25, 0.3) is 0 Å². The lowest BCUT2D eigenvalue weighted by Gasteiger charge is -2.36. The molecule has 0 bridgehead atoms. The van der Waals surface area contributed by atoms with E-state index in [0.29, 0.717) is 44.8 Å². The first-order chi connectivity index (χ1) is 15.4. The van der Waals surface area contributed by atoms with Crippen LogP contribution in [-0.2, 0) is 10.0 Å². The van der Waals surface area contributed by atoms with Gasteiger partial charge in [-0.3, -0.25) is 4.79 Å². The van der Waals surface area contributed by atoms with Gasteiger partial charge in [-0.15, -0.1) is 0 Å². The topological polar surface area (TPSA) is 79.4 Å². The minimum Gasteiger partial charge on any atom is -0.497 e. The van der Waals surface area contributed by atoms with Crippen molar-refractivity contribution in [2.45, 2.75) is 17.7 Å². The third kappa shape index (κ3) is 4.40. The lowest BCUT2D eigenvalue weighted by Crippen LogP contribution is -2.48. The first kappa shape index (κ1) is 22.4. The Labute approximate surface area is 189 Å². The van der Waals surface area contributed by atoms with Gasteiger partial charge in [0.1, 0.15) is 16.4 Å². The smallest absolute Gasteiger partial charge is 0.254 e. The van der Waals surface area contributed by atoms with Crippen LogP contribution in [0, 0.1) is 0 Å². The van der Waals surface area contributed by atoms with E-state index in [1.54, 1.807) is 24.1 Å². The molecule has 2 aromatic carbocycles. The van der Waals surface area contributed by atoms with Gasteiger partial charge < -0.3 is 19.3 Å². The number of hydrogen-bond donors (Lipinski definition) is 0. The number of rotatable bonds is 6. The zero-order valence-corrected chi connectivity index (χ0v) is 19.3. The molecule has 2 aromatic rings. The molecule has 172 valence electrons. The Morgan fingerprint density at radius 3 is 2.09 bits per heavy atom. The Balaban J connectivity index is 1.49. The number of benzene rings is 2. The second-order valence-corrected chi connectivity index (χ2v) is 9.86. The number of nitrogens with zero attached hydrogens (tertiary/aromatic N) is 3. The molecule has 0 spiro atoms. The van der Waals surface area contributed by atoms with Crippen molar-refractivity contribution in [2.24, 2.45) is 0 Å². The summed E-state index contributed by atoms with van der Waals surface area (Å²) in [6, 6.07) is 12.5. The number of ether oxygens (including phenoxy) is 2. The van der Waals surface area contributed by atoms with Crippen molar-refractivity contribution < 1.29 is 22.7 Å². The minimum atomic E-state index is -3.70. The van der Waals surface area contributed by atoms with Crippen molar-refractivity contribution in [3.63, 3.8) is 0 Å². The highest BCUT2D eigenvalue weighted by Gasteiger charge is 2.31. The average molecular weight is 460 g/mol. The SMILES string of the molecule is COc1ccc(N2CCN(C(=O)c3ccc(OC)c(S(=O)(=O)N4CCCC4)c3)CC2)cc1. The number of anilines is 1. The van der Waals surface area contributed by atoms with Crippen molar-refractivity contribution in [3.05, 3.63) is 48.0 Å². The predicted octanol–water partition coefficient (Wildman–Crippen LogP) is 2.45. The highest BCUT2D eigenvalue weighted by atomic mass is 32.2. The normalized spacial score (nSPS) is 17.4.